The van der Waals surface area contributed by atoms with Gasteiger partial charge in [0.15, 0.2) is 0 Å². The standard InChI is InChI=1S/C11H13NO5S/c1-3-16-7-5-8(17-4-2)10-9(6-7)18(14,15)12-11(10)13/h5-6H,3-4H2,1-2H3,(H,12,13). The Morgan fingerprint density at radius 2 is 1.83 bits per heavy atom. The van der Waals surface area contributed by atoms with Crippen LogP contribution in [0, 0.1) is 0 Å². The number of ether oxygens (including phenoxy) is 2. The quantitative estimate of drug-likeness (QED) is 0.880. The van der Waals surface area contributed by atoms with E-state index in [2.05, 4.69) is 0 Å². The maximum Gasteiger partial charge on any atom is 0.270 e. The van der Waals surface area contributed by atoms with Gasteiger partial charge in [-0.2, -0.15) is 0 Å². The number of fused-ring (bicyclic) bond motifs is 1. The van der Waals surface area contributed by atoms with Crippen molar-refractivity contribution >= 4 is 15.9 Å². The second-order valence-corrected chi connectivity index (χ2v) is 5.25. The Bertz CT molecular complexity index is 594. The molecule has 1 aromatic carbocycles. The molecular formula is C11H13NO5S. The molecule has 18 heavy (non-hydrogen) atoms. The van der Waals surface area contributed by atoms with E-state index in [-0.39, 0.29) is 16.2 Å². The summed E-state index contributed by atoms with van der Waals surface area (Å²) in [6, 6.07) is 2.85. The zero-order chi connectivity index (χ0) is 13.3. The zero-order valence-electron chi connectivity index (χ0n) is 10.0. The molecule has 0 atom stereocenters. The molecule has 1 aliphatic rings. The van der Waals surface area contributed by atoms with E-state index in [1.54, 1.807) is 13.8 Å². The van der Waals surface area contributed by atoms with Crippen LogP contribution < -0.4 is 14.2 Å². The van der Waals surface area contributed by atoms with Crippen molar-refractivity contribution in [2.24, 2.45) is 0 Å². The van der Waals surface area contributed by atoms with Crippen molar-refractivity contribution in [1.82, 2.24) is 4.72 Å². The molecule has 7 heteroatoms. The normalized spacial score (nSPS) is 16.0. The van der Waals surface area contributed by atoms with Crippen LogP contribution in [0.5, 0.6) is 11.5 Å². The molecule has 0 aromatic heterocycles. The summed E-state index contributed by atoms with van der Waals surface area (Å²) in [4.78, 5) is 11.5. The van der Waals surface area contributed by atoms with Gasteiger partial charge in [0.2, 0.25) is 0 Å². The van der Waals surface area contributed by atoms with Gasteiger partial charge >= 0.3 is 0 Å². The minimum absolute atomic E-state index is 0.0419. The molecule has 0 saturated carbocycles. The Morgan fingerprint density at radius 1 is 1.17 bits per heavy atom. The first-order valence-electron chi connectivity index (χ1n) is 5.50. The van der Waals surface area contributed by atoms with E-state index < -0.39 is 15.9 Å². The monoisotopic (exact) mass is 271 g/mol. The number of rotatable bonds is 4. The number of hydrogen-bond donors (Lipinski definition) is 1. The number of nitrogens with one attached hydrogen (secondary N) is 1. The summed E-state index contributed by atoms with van der Waals surface area (Å²) in [5.74, 6) is -0.0895. The predicted molar refractivity (Wildman–Crippen MR) is 63.4 cm³/mol. The molecule has 1 aliphatic heterocycles. The summed E-state index contributed by atoms with van der Waals surface area (Å²) in [6.45, 7) is 4.26. The lowest BCUT2D eigenvalue weighted by Gasteiger charge is -2.10. The largest absolute Gasteiger partial charge is 0.494 e. The number of carbonyl (C=O) groups is 1. The molecular weight excluding hydrogens is 258 g/mol. The molecule has 0 spiro atoms. The Morgan fingerprint density at radius 3 is 2.44 bits per heavy atom. The van der Waals surface area contributed by atoms with E-state index in [0.717, 1.165) is 0 Å². The molecule has 0 saturated heterocycles. The molecule has 0 fully saturated rings. The summed E-state index contributed by atoms with van der Waals surface area (Å²) < 4.78 is 35.9. The predicted octanol–water partition coefficient (Wildman–Crippen LogP) is 0.916. The highest BCUT2D eigenvalue weighted by atomic mass is 32.2. The zero-order valence-corrected chi connectivity index (χ0v) is 10.8. The van der Waals surface area contributed by atoms with Crippen molar-refractivity contribution in [2.75, 3.05) is 13.2 Å². The van der Waals surface area contributed by atoms with Gasteiger partial charge in [0.25, 0.3) is 15.9 Å². The fourth-order valence-corrected chi connectivity index (χ4v) is 2.94. The molecule has 0 aliphatic carbocycles. The average Bonchev–Trinajstić information content (AvgIpc) is 2.50. The fraction of sp³-hybridized carbons (Fsp3) is 0.364. The smallest absolute Gasteiger partial charge is 0.270 e. The van der Waals surface area contributed by atoms with Crippen molar-refractivity contribution in [1.29, 1.82) is 0 Å². The number of amides is 1. The van der Waals surface area contributed by atoms with Gasteiger partial charge in [-0.15, -0.1) is 0 Å². The van der Waals surface area contributed by atoms with Crippen molar-refractivity contribution < 1.29 is 22.7 Å². The van der Waals surface area contributed by atoms with Crippen molar-refractivity contribution in [3.8, 4) is 11.5 Å². The van der Waals surface area contributed by atoms with Crippen molar-refractivity contribution in [3.05, 3.63) is 17.7 Å². The molecule has 0 bridgehead atoms. The first-order valence-corrected chi connectivity index (χ1v) is 6.98. The summed E-state index contributed by atoms with van der Waals surface area (Å²) >= 11 is 0. The van der Waals surface area contributed by atoms with Crippen LogP contribution >= 0.6 is 0 Å². The van der Waals surface area contributed by atoms with E-state index in [1.165, 1.54) is 12.1 Å². The van der Waals surface area contributed by atoms with Crippen LogP contribution in [0.3, 0.4) is 0 Å². The van der Waals surface area contributed by atoms with Gasteiger partial charge in [-0.25, -0.2) is 13.1 Å². The van der Waals surface area contributed by atoms with Gasteiger partial charge < -0.3 is 9.47 Å². The lowest BCUT2D eigenvalue weighted by molar-refractivity contribution is 0.0981. The topological polar surface area (TPSA) is 81.7 Å². The van der Waals surface area contributed by atoms with E-state index in [1.807, 2.05) is 4.72 Å². The van der Waals surface area contributed by atoms with E-state index >= 15 is 0 Å². The molecule has 0 radical (unpaired) electrons. The third-order valence-electron chi connectivity index (χ3n) is 2.39. The summed E-state index contributed by atoms with van der Waals surface area (Å²) in [5, 5.41) is 0. The van der Waals surface area contributed by atoms with Crippen LogP contribution in [0.4, 0.5) is 0 Å². The Labute approximate surface area is 105 Å². The molecule has 0 unspecified atom stereocenters. The Kier molecular flexibility index (Phi) is 3.16. The Balaban J connectivity index is 2.65. The number of carbonyl (C=O) groups excluding carboxylic acids is 1. The third-order valence-corrected chi connectivity index (χ3v) is 3.75. The van der Waals surface area contributed by atoms with Crippen LogP contribution in [0.15, 0.2) is 17.0 Å². The maximum atomic E-state index is 11.7. The number of benzene rings is 1. The minimum Gasteiger partial charge on any atom is -0.494 e. The van der Waals surface area contributed by atoms with Crippen LogP contribution in [-0.4, -0.2) is 27.5 Å². The van der Waals surface area contributed by atoms with E-state index in [9.17, 15) is 13.2 Å². The summed E-state index contributed by atoms with van der Waals surface area (Å²) in [7, 11) is -3.80. The highest BCUT2D eigenvalue weighted by Crippen LogP contribution is 2.35. The molecule has 1 N–H and O–H groups in total. The first kappa shape index (κ1) is 12.7. The first-order chi connectivity index (χ1) is 8.49. The molecule has 2 rings (SSSR count). The van der Waals surface area contributed by atoms with Gasteiger partial charge in [-0.05, 0) is 13.8 Å². The van der Waals surface area contributed by atoms with Crippen LogP contribution in [0.1, 0.15) is 24.2 Å². The molecule has 6 nitrogen and oxygen atoms in total. The van der Waals surface area contributed by atoms with Gasteiger partial charge in [0.05, 0.1) is 13.2 Å². The minimum atomic E-state index is -3.80. The molecule has 1 heterocycles. The second-order valence-electron chi connectivity index (χ2n) is 3.60. The van der Waals surface area contributed by atoms with Gasteiger partial charge in [0, 0.05) is 12.1 Å². The fourth-order valence-electron chi connectivity index (χ4n) is 1.75. The number of sulfonamides is 1. The van der Waals surface area contributed by atoms with Crippen molar-refractivity contribution in [3.63, 3.8) is 0 Å². The van der Waals surface area contributed by atoms with E-state index in [4.69, 9.17) is 9.47 Å². The second kappa shape index (κ2) is 4.49. The van der Waals surface area contributed by atoms with Gasteiger partial charge in [-0.1, -0.05) is 0 Å². The molecule has 1 amide bonds. The molecule has 1 aromatic rings. The average molecular weight is 271 g/mol. The van der Waals surface area contributed by atoms with Gasteiger partial charge in [-0.3, -0.25) is 4.79 Å². The van der Waals surface area contributed by atoms with Crippen LogP contribution in [-0.2, 0) is 10.0 Å². The lowest BCUT2D eigenvalue weighted by Crippen LogP contribution is -2.20. The highest BCUT2D eigenvalue weighted by molar-refractivity contribution is 7.90. The lowest BCUT2D eigenvalue weighted by atomic mass is 10.2. The summed E-state index contributed by atoms with van der Waals surface area (Å²) in [5.41, 5.74) is 0.0419. The van der Waals surface area contributed by atoms with Crippen LogP contribution in [0.25, 0.3) is 0 Å². The SMILES string of the molecule is CCOc1cc(OCC)c2c(c1)S(=O)(=O)NC2=O. The maximum absolute atomic E-state index is 11.7. The Hall–Kier alpha value is -1.76. The highest BCUT2D eigenvalue weighted by Gasteiger charge is 2.36. The van der Waals surface area contributed by atoms with Crippen LogP contribution in [0.2, 0.25) is 0 Å². The number of hydrogen-bond acceptors (Lipinski definition) is 5. The van der Waals surface area contributed by atoms with Crippen molar-refractivity contribution in [2.45, 2.75) is 18.7 Å². The van der Waals surface area contributed by atoms with Gasteiger partial charge in [0.1, 0.15) is 22.0 Å². The summed E-state index contributed by atoms with van der Waals surface area (Å²) in [6.07, 6.45) is 0. The van der Waals surface area contributed by atoms with E-state index in [0.29, 0.717) is 19.0 Å². The third kappa shape index (κ3) is 2.01. The molecule has 98 valence electrons.